The molecular weight excluding hydrogens is 248 g/mol. The summed E-state index contributed by atoms with van der Waals surface area (Å²) in [5.74, 6) is 1.15. The SMILES string of the molecule is CC(CCc1ccc(O)cc1)N1CCCC(CCN)C1. The van der Waals surface area contributed by atoms with Crippen LogP contribution in [0.4, 0.5) is 0 Å². The van der Waals surface area contributed by atoms with Crippen molar-refractivity contribution < 1.29 is 5.11 Å². The van der Waals surface area contributed by atoms with E-state index in [2.05, 4.69) is 11.8 Å². The molecule has 2 atom stereocenters. The highest BCUT2D eigenvalue weighted by molar-refractivity contribution is 5.25. The maximum Gasteiger partial charge on any atom is 0.115 e. The Morgan fingerprint density at radius 3 is 2.80 bits per heavy atom. The summed E-state index contributed by atoms with van der Waals surface area (Å²) in [4.78, 5) is 2.63. The van der Waals surface area contributed by atoms with E-state index in [1.54, 1.807) is 12.1 Å². The van der Waals surface area contributed by atoms with Crippen LogP contribution < -0.4 is 5.73 Å². The highest BCUT2D eigenvalue weighted by Gasteiger charge is 2.22. The summed E-state index contributed by atoms with van der Waals surface area (Å²) >= 11 is 0. The van der Waals surface area contributed by atoms with Gasteiger partial charge in [0.15, 0.2) is 0 Å². The van der Waals surface area contributed by atoms with Crippen molar-refractivity contribution in [2.24, 2.45) is 11.7 Å². The monoisotopic (exact) mass is 276 g/mol. The van der Waals surface area contributed by atoms with Gasteiger partial charge >= 0.3 is 0 Å². The number of likely N-dealkylation sites (tertiary alicyclic amines) is 1. The number of rotatable bonds is 6. The number of aryl methyl sites for hydroxylation is 1. The van der Waals surface area contributed by atoms with Gasteiger partial charge in [0.1, 0.15) is 5.75 Å². The van der Waals surface area contributed by atoms with E-state index in [1.807, 2.05) is 12.1 Å². The summed E-state index contributed by atoms with van der Waals surface area (Å²) in [5, 5.41) is 9.30. The molecule has 0 amide bonds. The second kappa shape index (κ2) is 7.65. The number of phenols is 1. The van der Waals surface area contributed by atoms with Crippen LogP contribution in [-0.4, -0.2) is 35.7 Å². The Bertz CT molecular complexity index is 388. The molecule has 2 unspecified atom stereocenters. The van der Waals surface area contributed by atoms with Gasteiger partial charge in [0, 0.05) is 12.6 Å². The lowest BCUT2D eigenvalue weighted by Gasteiger charge is -2.37. The molecule has 0 radical (unpaired) electrons. The molecule has 2 rings (SSSR count). The van der Waals surface area contributed by atoms with Gasteiger partial charge < -0.3 is 15.7 Å². The largest absolute Gasteiger partial charge is 0.508 e. The molecule has 0 saturated carbocycles. The first-order valence-electron chi connectivity index (χ1n) is 7.91. The topological polar surface area (TPSA) is 49.5 Å². The number of nitrogens with two attached hydrogens (primary N) is 1. The van der Waals surface area contributed by atoms with Crippen molar-refractivity contribution in [1.29, 1.82) is 0 Å². The fourth-order valence-electron chi connectivity index (χ4n) is 3.19. The molecular formula is C17H28N2O. The van der Waals surface area contributed by atoms with Gasteiger partial charge in [-0.15, -0.1) is 0 Å². The minimum atomic E-state index is 0.349. The molecule has 1 heterocycles. The second-order valence-corrected chi connectivity index (χ2v) is 6.13. The minimum absolute atomic E-state index is 0.349. The highest BCUT2D eigenvalue weighted by Crippen LogP contribution is 2.22. The van der Waals surface area contributed by atoms with Crippen LogP contribution in [-0.2, 0) is 6.42 Å². The lowest BCUT2D eigenvalue weighted by molar-refractivity contribution is 0.123. The molecule has 0 aliphatic carbocycles. The Labute approximate surface area is 122 Å². The average molecular weight is 276 g/mol. The van der Waals surface area contributed by atoms with Gasteiger partial charge in [0.25, 0.3) is 0 Å². The molecule has 1 aromatic carbocycles. The minimum Gasteiger partial charge on any atom is -0.508 e. The molecule has 0 spiro atoms. The van der Waals surface area contributed by atoms with Crippen LogP contribution in [0.15, 0.2) is 24.3 Å². The molecule has 3 nitrogen and oxygen atoms in total. The van der Waals surface area contributed by atoms with Gasteiger partial charge in [0.2, 0.25) is 0 Å². The molecule has 3 N–H and O–H groups in total. The van der Waals surface area contributed by atoms with E-state index in [0.29, 0.717) is 11.8 Å². The average Bonchev–Trinajstić information content (AvgIpc) is 2.47. The number of phenolic OH excluding ortho intramolecular Hbond substituents is 1. The maximum atomic E-state index is 9.30. The summed E-state index contributed by atoms with van der Waals surface area (Å²) in [6.07, 6.45) is 6.09. The maximum absolute atomic E-state index is 9.30. The zero-order chi connectivity index (χ0) is 14.4. The predicted octanol–water partition coefficient (Wildman–Crippen LogP) is 2.77. The van der Waals surface area contributed by atoms with E-state index in [9.17, 15) is 5.11 Å². The fourth-order valence-corrected chi connectivity index (χ4v) is 3.19. The van der Waals surface area contributed by atoms with Crippen molar-refractivity contribution in [3.05, 3.63) is 29.8 Å². The standard InChI is InChI=1S/C17H28N2O/c1-14(4-5-15-6-8-17(20)9-7-15)19-12-2-3-16(13-19)10-11-18/h6-9,14,16,20H,2-5,10-13,18H2,1H3. The molecule has 0 bridgehead atoms. The van der Waals surface area contributed by atoms with E-state index in [-0.39, 0.29) is 0 Å². The number of hydrogen-bond donors (Lipinski definition) is 2. The van der Waals surface area contributed by atoms with E-state index in [4.69, 9.17) is 5.73 Å². The van der Waals surface area contributed by atoms with Gasteiger partial charge in [-0.05, 0) is 75.7 Å². The van der Waals surface area contributed by atoms with E-state index >= 15 is 0 Å². The number of nitrogens with zero attached hydrogens (tertiary/aromatic N) is 1. The van der Waals surface area contributed by atoms with Crippen molar-refractivity contribution in [3.63, 3.8) is 0 Å². The molecule has 112 valence electrons. The highest BCUT2D eigenvalue weighted by atomic mass is 16.3. The Morgan fingerprint density at radius 2 is 2.10 bits per heavy atom. The summed E-state index contributed by atoms with van der Waals surface area (Å²) in [6, 6.07) is 8.23. The molecule has 1 saturated heterocycles. The van der Waals surface area contributed by atoms with Crippen molar-refractivity contribution in [3.8, 4) is 5.75 Å². The molecule has 3 heteroatoms. The van der Waals surface area contributed by atoms with Crippen molar-refractivity contribution in [2.75, 3.05) is 19.6 Å². The van der Waals surface area contributed by atoms with Crippen LogP contribution in [0, 0.1) is 5.92 Å². The molecule has 20 heavy (non-hydrogen) atoms. The lowest BCUT2D eigenvalue weighted by Crippen LogP contribution is -2.42. The smallest absolute Gasteiger partial charge is 0.115 e. The van der Waals surface area contributed by atoms with E-state index < -0.39 is 0 Å². The molecule has 0 aromatic heterocycles. The van der Waals surface area contributed by atoms with Gasteiger partial charge in [-0.1, -0.05) is 12.1 Å². The Balaban J connectivity index is 1.79. The first kappa shape index (κ1) is 15.3. The summed E-state index contributed by atoms with van der Waals surface area (Å²) < 4.78 is 0. The zero-order valence-corrected chi connectivity index (χ0v) is 12.6. The van der Waals surface area contributed by atoms with E-state index in [1.165, 1.54) is 44.3 Å². The summed E-state index contributed by atoms with van der Waals surface area (Å²) in [5.41, 5.74) is 7.00. The van der Waals surface area contributed by atoms with Crippen molar-refractivity contribution in [2.45, 2.75) is 45.1 Å². The Morgan fingerprint density at radius 1 is 1.35 bits per heavy atom. The quantitative estimate of drug-likeness (QED) is 0.840. The number of aromatic hydroxyl groups is 1. The summed E-state index contributed by atoms with van der Waals surface area (Å²) in [6.45, 7) is 5.61. The fraction of sp³-hybridized carbons (Fsp3) is 0.647. The Kier molecular flexibility index (Phi) is 5.86. The summed E-state index contributed by atoms with van der Waals surface area (Å²) in [7, 11) is 0. The molecule has 1 aliphatic rings. The number of piperidine rings is 1. The first-order chi connectivity index (χ1) is 9.69. The number of hydrogen-bond acceptors (Lipinski definition) is 3. The second-order valence-electron chi connectivity index (χ2n) is 6.13. The third-order valence-electron chi connectivity index (χ3n) is 4.54. The van der Waals surface area contributed by atoms with Crippen molar-refractivity contribution in [1.82, 2.24) is 4.90 Å². The van der Waals surface area contributed by atoms with Crippen LogP contribution in [0.3, 0.4) is 0 Å². The van der Waals surface area contributed by atoms with Gasteiger partial charge in [-0.25, -0.2) is 0 Å². The van der Waals surface area contributed by atoms with Crippen LogP contribution in [0.5, 0.6) is 5.75 Å². The lowest BCUT2D eigenvalue weighted by atomic mass is 9.93. The van der Waals surface area contributed by atoms with Crippen LogP contribution in [0.25, 0.3) is 0 Å². The normalized spacial score (nSPS) is 21.8. The first-order valence-corrected chi connectivity index (χ1v) is 7.91. The Hall–Kier alpha value is -1.06. The predicted molar refractivity (Wildman–Crippen MR) is 83.9 cm³/mol. The van der Waals surface area contributed by atoms with Gasteiger partial charge in [-0.3, -0.25) is 0 Å². The van der Waals surface area contributed by atoms with Gasteiger partial charge in [-0.2, -0.15) is 0 Å². The molecule has 1 aliphatic heterocycles. The van der Waals surface area contributed by atoms with Gasteiger partial charge in [0.05, 0.1) is 0 Å². The van der Waals surface area contributed by atoms with E-state index in [0.717, 1.165) is 18.9 Å². The molecule has 1 fully saturated rings. The van der Waals surface area contributed by atoms with Crippen LogP contribution >= 0.6 is 0 Å². The van der Waals surface area contributed by atoms with Crippen LogP contribution in [0.2, 0.25) is 0 Å². The third kappa shape index (κ3) is 4.50. The van der Waals surface area contributed by atoms with Crippen molar-refractivity contribution >= 4 is 0 Å². The third-order valence-corrected chi connectivity index (χ3v) is 4.54. The number of benzene rings is 1. The van der Waals surface area contributed by atoms with Crippen LogP contribution in [0.1, 0.15) is 38.2 Å². The zero-order valence-electron chi connectivity index (χ0n) is 12.6. The molecule has 1 aromatic rings.